The van der Waals surface area contributed by atoms with E-state index in [0.29, 0.717) is 4.47 Å². The number of hydrogen-bond donors (Lipinski definition) is 0. The van der Waals surface area contributed by atoms with Gasteiger partial charge in [0.05, 0.1) is 5.69 Å². The summed E-state index contributed by atoms with van der Waals surface area (Å²) in [6.45, 7) is 0. The number of carbonyl (C=O) groups is 1. The van der Waals surface area contributed by atoms with Crippen LogP contribution in [0.5, 0.6) is 0 Å². The minimum absolute atomic E-state index is 0.161. The molecule has 0 unspecified atom stereocenters. The van der Waals surface area contributed by atoms with Gasteiger partial charge in [0.15, 0.2) is 0 Å². The number of benzene rings is 1. The minimum Gasteiger partial charge on any atom is -0.312 e. The minimum atomic E-state index is -0.458. The van der Waals surface area contributed by atoms with Crippen molar-refractivity contribution in [1.82, 2.24) is 0 Å². The summed E-state index contributed by atoms with van der Waals surface area (Å²) in [4.78, 5) is 12.4. The number of alkyl halides is 1. The first-order chi connectivity index (χ1) is 6.56. The standard InChI is InChI=1S/C9H8BrClFNO/c1-13(9(14)5-11)8-3-2-6(10)4-7(8)12/h2-4H,5H2,1H3. The second kappa shape index (κ2) is 4.75. The molecule has 0 aliphatic heterocycles. The molecule has 0 aliphatic carbocycles. The second-order valence-electron chi connectivity index (χ2n) is 2.68. The Morgan fingerprint density at radius 3 is 2.79 bits per heavy atom. The number of anilines is 1. The quantitative estimate of drug-likeness (QED) is 0.763. The van der Waals surface area contributed by atoms with Gasteiger partial charge in [-0.25, -0.2) is 4.39 Å². The molecule has 0 aromatic heterocycles. The summed E-state index contributed by atoms with van der Waals surface area (Å²) < 4.78 is 14.0. The van der Waals surface area contributed by atoms with Gasteiger partial charge in [0, 0.05) is 11.5 Å². The second-order valence-corrected chi connectivity index (χ2v) is 3.87. The SMILES string of the molecule is CN(C(=O)CCl)c1ccc(Br)cc1F. The molecule has 1 amide bonds. The molecule has 0 atom stereocenters. The van der Waals surface area contributed by atoms with Gasteiger partial charge in [0.2, 0.25) is 5.91 Å². The zero-order valence-corrected chi connectivity index (χ0v) is 9.77. The summed E-state index contributed by atoms with van der Waals surface area (Å²) in [5.41, 5.74) is 0.221. The van der Waals surface area contributed by atoms with Crippen molar-refractivity contribution in [3.63, 3.8) is 0 Å². The van der Waals surface area contributed by atoms with Gasteiger partial charge in [-0.15, -0.1) is 11.6 Å². The summed E-state index contributed by atoms with van der Waals surface area (Å²) in [6, 6.07) is 4.48. The molecule has 0 N–H and O–H groups in total. The highest BCUT2D eigenvalue weighted by atomic mass is 79.9. The van der Waals surface area contributed by atoms with Crippen LogP contribution in [0.3, 0.4) is 0 Å². The van der Waals surface area contributed by atoms with Gasteiger partial charge in [0.25, 0.3) is 0 Å². The molecule has 0 saturated heterocycles. The van der Waals surface area contributed by atoms with Gasteiger partial charge in [-0.2, -0.15) is 0 Å². The fourth-order valence-corrected chi connectivity index (χ4v) is 1.49. The highest BCUT2D eigenvalue weighted by molar-refractivity contribution is 9.10. The fourth-order valence-electron chi connectivity index (χ4n) is 0.977. The topological polar surface area (TPSA) is 20.3 Å². The summed E-state index contributed by atoms with van der Waals surface area (Å²) in [5, 5.41) is 0. The van der Waals surface area contributed by atoms with Crippen molar-refractivity contribution in [3.05, 3.63) is 28.5 Å². The Kier molecular flexibility index (Phi) is 3.89. The summed E-state index contributed by atoms with van der Waals surface area (Å²) >= 11 is 8.49. The van der Waals surface area contributed by atoms with Crippen molar-refractivity contribution >= 4 is 39.1 Å². The van der Waals surface area contributed by atoms with Crippen molar-refractivity contribution in [2.24, 2.45) is 0 Å². The average Bonchev–Trinajstić information content (AvgIpc) is 2.15. The largest absolute Gasteiger partial charge is 0.312 e. The Bertz CT molecular complexity index is 359. The van der Waals surface area contributed by atoms with Crippen LogP contribution in [0.25, 0.3) is 0 Å². The lowest BCUT2D eigenvalue weighted by Gasteiger charge is -2.16. The molecule has 1 aromatic rings. The lowest BCUT2D eigenvalue weighted by Crippen LogP contribution is -2.27. The molecular formula is C9H8BrClFNO. The maximum Gasteiger partial charge on any atom is 0.241 e. The van der Waals surface area contributed by atoms with E-state index in [1.54, 1.807) is 6.07 Å². The third kappa shape index (κ3) is 2.45. The van der Waals surface area contributed by atoms with Crippen LogP contribution in [0.2, 0.25) is 0 Å². The maximum absolute atomic E-state index is 13.3. The Morgan fingerprint density at radius 2 is 2.29 bits per heavy atom. The summed E-state index contributed by atoms with van der Waals surface area (Å²) in [5.74, 6) is -0.959. The predicted molar refractivity (Wildman–Crippen MR) is 58.2 cm³/mol. The van der Waals surface area contributed by atoms with E-state index in [-0.39, 0.29) is 17.5 Å². The molecule has 0 radical (unpaired) electrons. The molecule has 0 aliphatic rings. The zero-order valence-electron chi connectivity index (χ0n) is 7.43. The molecule has 1 aromatic carbocycles. The Labute approximate surface area is 94.8 Å². The van der Waals surface area contributed by atoms with Crippen LogP contribution in [0.4, 0.5) is 10.1 Å². The first-order valence-electron chi connectivity index (χ1n) is 3.84. The van der Waals surface area contributed by atoms with Crippen LogP contribution in [0.1, 0.15) is 0 Å². The van der Waals surface area contributed by atoms with Crippen LogP contribution in [0, 0.1) is 5.82 Å². The van der Waals surface area contributed by atoms with E-state index < -0.39 is 5.82 Å². The molecule has 14 heavy (non-hydrogen) atoms. The molecule has 1 rings (SSSR count). The molecule has 0 heterocycles. The third-order valence-corrected chi connectivity index (χ3v) is 2.48. The van der Waals surface area contributed by atoms with Gasteiger partial charge in [-0.1, -0.05) is 15.9 Å². The molecule has 5 heteroatoms. The van der Waals surface area contributed by atoms with E-state index in [1.165, 1.54) is 24.1 Å². The van der Waals surface area contributed by atoms with E-state index in [0.717, 1.165) is 0 Å². The molecule has 76 valence electrons. The molecule has 0 fully saturated rings. The summed E-state index contributed by atoms with van der Waals surface area (Å²) in [7, 11) is 1.48. The van der Waals surface area contributed by atoms with Crippen molar-refractivity contribution in [2.75, 3.05) is 17.8 Å². The number of amides is 1. The molecule has 0 saturated carbocycles. The zero-order chi connectivity index (χ0) is 10.7. The van der Waals surface area contributed by atoms with Crippen molar-refractivity contribution in [2.45, 2.75) is 0 Å². The Morgan fingerprint density at radius 1 is 1.64 bits per heavy atom. The van der Waals surface area contributed by atoms with Crippen LogP contribution in [-0.4, -0.2) is 18.8 Å². The van der Waals surface area contributed by atoms with Gasteiger partial charge >= 0.3 is 0 Å². The number of rotatable bonds is 2. The van der Waals surface area contributed by atoms with Gasteiger partial charge in [-0.3, -0.25) is 4.79 Å². The Balaban J connectivity index is 3.01. The fraction of sp³-hybridized carbons (Fsp3) is 0.222. The van der Waals surface area contributed by atoms with Crippen LogP contribution in [0.15, 0.2) is 22.7 Å². The van der Waals surface area contributed by atoms with E-state index in [2.05, 4.69) is 15.9 Å². The first-order valence-corrected chi connectivity index (χ1v) is 5.16. The maximum atomic E-state index is 13.3. The van der Waals surface area contributed by atoms with Crippen molar-refractivity contribution in [3.8, 4) is 0 Å². The molecule has 2 nitrogen and oxygen atoms in total. The van der Waals surface area contributed by atoms with Gasteiger partial charge in [-0.05, 0) is 18.2 Å². The van der Waals surface area contributed by atoms with E-state index >= 15 is 0 Å². The average molecular weight is 281 g/mol. The number of halogens is 3. The number of hydrogen-bond acceptors (Lipinski definition) is 1. The first kappa shape index (κ1) is 11.5. The predicted octanol–water partition coefficient (Wildman–Crippen LogP) is 2.79. The molecule has 0 spiro atoms. The third-order valence-electron chi connectivity index (χ3n) is 1.76. The number of nitrogens with zero attached hydrogens (tertiary/aromatic N) is 1. The lowest BCUT2D eigenvalue weighted by atomic mass is 10.3. The van der Waals surface area contributed by atoms with Crippen LogP contribution < -0.4 is 4.90 Å². The highest BCUT2D eigenvalue weighted by Gasteiger charge is 2.13. The van der Waals surface area contributed by atoms with Crippen molar-refractivity contribution in [1.29, 1.82) is 0 Å². The van der Waals surface area contributed by atoms with E-state index in [1.807, 2.05) is 0 Å². The van der Waals surface area contributed by atoms with E-state index in [9.17, 15) is 9.18 Å². The highest BCUT2D eigenvalue weighted by Crippen LogP contribution is 2.22. The van der Waals surface area contributed by atoms with Crippen LogP contribution >= 0.6 is 27.5 Å². The number of carbonyl (C=O) groups excluding carboxylic acids is 1. The smallest absolute Gasteiger partial charge is 0.241 e. The van der Waals surface area contributed by atoms with Crippen LogP contribution in [-0.2, 0) is 4.79 Å². The lowest BCUT2D eigenvalue weighted by molar-refractivity contribution is -0.116. The normalized spacial score (nSPS) is 10.0. The van der Waals surface area contributed by atoms with Gasteiger partial charge < -0.3 is 4.90 Å². The van der Waals surface area contributed by atoms with Crippen molar-refractivity contribution < 1.29 is 9.18 Å². The molecular weight excluding hydrogens is 272 g/mol. The van der Waals surface area contributed by atoms with Gasteiger partial charge in [0.1, 0.15) is 11.7 Å². The summed E-state index contributed by atoms with van der Waals surface area (Å²) in [6.07, 6.45) is 0. The molecule has 0 bridgehead atoms. The van der Waals surface area contributed by atoms with E-state index in [4.69, 9.17) is 11.6 Å². The monoisotopic (exact) mass is 279 g/mol. The Hall–Kier alpha value is -0.610.